The molecule has 0 fully saturated rings. The zero-order valence-corrected chi connectivity index (χ0v) is 14.0. The van der Waals surface area contributed by atoms with Crippen molar-refractivity contribution in [3.8, 4) is 17.3 Å². The van der Waals surface area contributed by atoms with Crippen molar-refractivity contribution in [1.29, 1.82) is 5.26 Å². The lowest BCUT2D eigenvalue weighted by atomic mass is 10.1. The zero-order chi connectivity index (χ0) is 17.7. The van der Waals surface area contributed by atoms with Crippen molar-refractivity contribution >= 4 is 33.9 Å². The minimum Gasteiger partial charge on any atom is -0.481 e. The van der Waals surface area contributed by atoms with Crippen LogP contribution in [0.1, 0.15) is 12.0 Å². The molecule has 0 aliphatic heterocycles. The smallest absolute Gasteiger partial charge is 0.305 e. The average Bonchev–Trinajstić information content (AvgIpc) is 2.94. The zero-order valence-electron chi connectivity index (χ0n) is 12.4. The highest BCUT2D eigenvalue weighted by atomic mass is 79.9. The number of rotatable bonds is 6. The Morgan fingerprint density at radius 1 is 1.38 bits per heavy atom. The number of hydrogen-bond donors (Lipinski definition) is 2. The van der Waals surface area contributed by atoms with Crippen LogP contribution in [0, 0.1) is 11.3 Å². The monoisotopic (exact) mass is 388 g/mol. The van der Waals surface area contributed by atoms with Crippen molar-refractivity contribution in [3.05, 3.63) is 46.1 Å². The van der Waals surface area contributed by atoms with Crippen molar-refractivity contribution in [2.45, 2.75) is 13.0 Å². The molecule has 1 aromatic heterocycles. The summed E-state index contributed by atoms with van der Waals surface area (Å²) < 4.78 is 2.36. The van der Waals surface area contributed by atoms with Gasteiger partial charge in [-0.15, -0.1) is 0 Å². The van der Waals surface area contributed by atoms with E-state index >= 15 is 0 Å². The van der Waals surface area contributed by atoms with Crippen LogP contribution in [0.15, 0.2) is 40.5 Å². The van der Waals surface area contributed by atoms with Crippen LogP contribution in [0.3, 0.4) is 0 Å². The molecule has 0 aliphatic rings. The first-order valence-electron chi connectivity index (χ1n) is 6.87. The number of carboxylic acid groups (broad SMARTS) is 1. The summed E-state index contributed by atoms with van der Waals surface area (Å²) in [4.78, 5) is 22.0. The average molecular weight is 389 g/mol. The summed E-state index contributed by atoms with van der Waals surface area (Å²) in [6.07, 6.45) is 2.84. The van der Waals surface area contributed by atoms with Crippen LogP contribution >= 0.6 is 15.9 Å². The molecule has 2 aromatic rings. The van der Waals surface area contributed by atoms with Crippen molar-refractivity contribution in [2.24, 2.45) is 5.73 Å². The number of hydrogen-bond acceptors (Lipinski definition) is 4. The first-order chi connectivity index (χ1) is 11.4. The third kappa shape index (κ3) is 4.30. The number of benzene rings is 1. The molecule has 1 amide bonds. The lowest BCUT2D eigenvalue weighted by Gasteiger charge is -2.00. The van der Waals surface area contributed by atoms with E-state index in [1.54, 1.807) is 12.3 Å². The Hall–Kier alpha value is -2.92. The van der Waals surface area contributed by atoms with Crippen molar-refractivity contribution in [1.82, 2.24) is 9.78 Å². The minimum absolute atomic E-state index is 0.0917. The Bertz CT molecular complexity index is 847. The number of nitriles is 1. The standard InChI is InChI=1S/C16H13BrN4O3/c17-13-3-1-10(2-4-13)15-12(7-11(8-18)16(19)24)9-21(20-15)6-5-14(22)23/h1-4,7,9H,5-6H2,(H2,19,24)(H,22,23)/b11-7-. The van der Waals surface area contributed by atoms with E-state index in [0.717, 1.165) is 10.0 Å². The predicted octanol–water partition coefficient (Wildman–Crippen LogP) is 2.18. The summed E-state index contributed by atoms with van der Waals surface area (Å²) in [7, 11) is 0. The third-order valence-corrected chi connectivity index (χ3v) is 3.68. The second-order valence-electron chi connectivity index (χ2n) is 4.88. The number of nitrogens with zero attached hydrogens (tertiary/aromatic N) is 3. The van der Waals surface area contributed by atoms with E-state index in [1.807, 2.05) is 24.3 Å². The van der Waals surface area contributed by atoms with Gasteiger partial charge in [-0.25, -0.2) is 0 Å². The van der Waals surface area contributed by atoms with Crippen LogP contribution in [0.2, 0.25) is 0 Å². The number of aliphatic carboxylic acids is 1. The number of nitrogens with two attached hydrogens (primary N) is 1. The first-order valence-corrected chi connectivity index (χ1v) is 7.67. The number of halogens is 1. The number of aromatic nitrogens is 2. The van der Waals surface area contributed by atoms with E-state index in [9.17, 15) is 9.59 Å². The van der Waals surface area contributed by atoms with Crippen LogP contribution in [0.5, 0.6) is 0 Å². The number of carbonyl (C=O) groups excluding carboxylic acids is 1. The van der Waals surface area contributed by atoms with Gasteiger partial charge in [-0.05, 0) is 18.2 Å². The van der Waals surface area contributed by atoms with Crippen molar-refractivity contribution < 1.29 is 14.7 Å². The molecule has 2 rings (SSSR count). The normalized spacial score (nSPS) is 11.1. The van der Waals surface area contributed by atoms with Gasteiger partial charge in [0.15, 0.2) is 0 Å². The molecule has 0 radical (unpaired) electrons. The van der Waals surface area contributed by atoms with E-state index in [2.05, 4.69) is 21.0 Å². The molecule has 1 aromatic carbocycles. The Labute approximate surface area is 146 Å². The van der Waals surface area contributed by atoms with E-state index < -0.39 is 11.9 Å². The predicted molar refractivity (Wildman–Crippen MR) is 90.4 cm³/mol. The lowest BCUT2D eigenvalue weighted by Crippen LogP contribution is -2.12. The second-order valence-corrected chi connectivity index (χ2v) is 5.80. The molecule has 0 saturated heterocycles. The maximum atomic E-state index is 11.3. The third-order valence-electron chi connectivity index (χ3n) is 3.15. The molecule has 0 atom stereocenters. The summed E-state index contributed by atoms with van der Waals surface area (Å²) >= 11 is 3.35. The second kappa shape index (κ2) is 7.57. The SMILES string of the molecule is N#C/C(=C/c1cn(CCC(=O)O)nc1-c1ccc(Br)cc1)C(N)=O. The molecule has 0 unspecified atom stereocenters. The van der Waals surface area contributed by atoms with E-state index in [-0.39, 0.29) is 18.5 Å². The van der Waals surface area contributed by atoms with Crippen LogP contribution in [-0.2, 0) is 16.1 Å². The van der Waals surface area contributed by atoms with Crippen LogP contribution in [0.4, 0.5) is 0 Å². The molecule has 1 heterocycles. The van der Waals surface area contributed by atoms with Gasteiger partial charge in [0.25, 0.3) is 5.91 Å². The van der Waals surface area contributed by atoms with Crippen LogP contribution in [-0.4, -0.2) is 26.8 Å². The largest absolute Gasteiger partial charge is 0.481 e. The molecule has 0 bridgehead atoms. The quantitative estimate of drug-likeness (QED) is 0.579. The van der Waals surface area contributed by atoms with Gasteiger partial charge in [0.05, 0.1) is 18.7 Å². The number of amides is 1. The fourth-order valence-corrected chi connectivity index (χ4v) is 2.28. The lowest BCUT2D eigenvalue weighted by molar-refractivity contribution is -0.137. The van der Waals surface area contributed by atoms with Crippen LogP contribution in [0.25, 0.3) is 17.3 Å². The topological polar surface area (TPSA) is 122 Å². The summed E-state index contributed by atoms with van der Waals surface area (Å²) in [5.74, 6) is -1.78. The highest BCUT2D eigenvalue weighted by Crippen LogP contribution is 2.26. The summed E-state index contributed by atoms with van der Waals surface area (Å²) in [6, 6.07) is 9.05. The fourth-order valence-electron chi connectivity index (χ4n) is 2.01. The molecule has 0 saturated carbocycles. The summed E-state index contributed by atoms with van der Waals surface area (Å²) in [5.41, 5.74) is 6.77. The first kappa shape index (κ1) is 17.4. The van der Waals surface area contributed by atoms with Gasteiger partial charge in [-0.3, -0.25) is 14.3 Å². The van der Waals surface area contributed by atoms with Gasteiger partial charge in [-0.1, -0.05) is 28.1 Å². The van der Waals surface area contributed by atoms with Gasteiger partial charge < -0.3 is 10.8 Å². The van der Waals surface area contributed by atoms with Gasteiger partial charge >= 0.3 is 5.97 Å². The number of carbonyl (C=O) groups is 2. The number of carboxylic acids is 1. The molecule has 0 spiro atoms. The minimum atomic E-state index is -0.942. The Kier molecular flexibility index (Phi) is 5.50. The van der Waals surface area contributed by atoms with E-state index in [0.29, 0.717) is 11.3 Å². The van der Waals surface area contributed by atoms with Gasteiger partial charge in [0.2, 0.25) is 0 Å². The van der Waals surface area contributed by atoms with Crippen LogP contribution < -0.4 is 5.73 Å². The molecule has 0 aliphatic carbocycles. The summed E-state index contributed by atoms with van der Waals surface area (Å²) in [5, 5.41) is 22.2. The van der Waals surface area contributed by atoms with Gasteiger partial charge in [-0.2, -0.15) is 10.4 Å². The number of aryl methyl sites for hydroxylation is 1. The summed E-state index contributed by atoms with van der Waals surface area (Å²) in [6.45, 7) is 0.172. The van der Waals surface area contributed by atoms with Gasteiger partial charge in [0.1, 0.15) is 11.6 Å². The maximum Gasteiger partial charge on any atom is 0.305 e. The Morgan fingerprint density at radius 2 is 2.04 bits per heavy atom. The van der Waals surface area contributed by atoms with Crippen molar-refractivity contribution in [2.75, 3.05) is 0 Å². The molecule has 122 valence electrons. The highest BCUT2D eigenvalue weighted by Gasteiger charge is 2.13. The fraction of sp³-hybridized carbons (Fsp3) is 0.125. The van der Waals surface area contributed by atoms with E-state index in [1.165, 1.54) is 10.8 Å². The Balaban J connectivity index is 2.50. The highest BCUT2D eigenvalue weighted by molar-refractivity contribution is 9.10. The maximum absolute atomic E-state index is 11.3. The number of primary amides is 1. The molecule has 24 heavy (non-hydrogen) atoms. The molecule has 7 nitrogen and oxygen atoms in total. The Morgan fingerprint density at radius 3 is 2.58 bits per heavy atom. The van der Waals surface area contributed by atoms with Crippen molar-refractivity contribution in [3.63, 3.8) is 0 Å². The van der Waals surface area contributed by atoms with Gasteiger partial charge in [0, 0.05) is 21.8 Å². The molecular formula is C16H13BrN4O3. The molecule has 3 N–H and O–H groups in total. The molecule has 8 heteroatoms. The molecular weight excluding hydrogens is 376 g/mol. The van der Waals surface area contributed by atoms with E-state index in [4.69, 9.17) is 16.1 Å².